The number of rotatable bonds is 9. The minimum atomic E-state index is -4.27. The molecule has 13 heteroatoms. The first-order chi connectivity index (χ1) is 17.6. The number of methoxy groups -OCH3 is 1. The third-order valence-corrected chi connectivity index (χ3v) is 10.9. The summed E-state index contributed by atoms with van der Waals surface area (Å²) in [5, 5.41) is 4.10. The SMILES string of the molecule is COc1ccc(S(=O)(=O)N2CCCCC2)cc1NC(=O)CN(c1ccccc1F)S(=O)(=O)c1cccs1. The highest BCUT2D eigenvalue weighted by Gasteiger charge is 2.31. The largest absolute Gasteiger partial charge is 0.495 e. The lowest BCUT2D eigenvalue weighted by Gasteiger charge is -2.26. The molecule has 4 rings (SSSR count). The highest BCUT2D eigenvalue weighted by Crippen LogP contribution is 2.31. The van der Waals surface area contributed by atoms with Gasteiger partial charge in [-0.15, -0.1) is 11.3 Å². The molecule has 1 aromatic heterocycles. The Kier molecular flexibility index (Phi) is 8.17. The van der Waals surface area contributed by atoms with Gasteiger partial charge >= 0.3 is 0 Å². The van der Waals surface area contributed by atoms with Crippen LogP contribution in [0.15, 0.2) is 69.1 Å². The van der Waals surface area contributed by atoms with Gasteiger partial charge in [-0.3, -0.25) is 9.10 Å². The highest BCUT2D eigenvalue weighted by atomic mass is 32.2. The number of carbonyl (C=O) groups is 1. The number of nitrogens with one attached hydrogen (secondary N) is 1. The van der Waals surface area contributed by atoms with Gasteiger partial charge in [0.25, 0.3) is 10.0 Å². The third-order valence-electron chi connectivity index (χ3n) is 5.85. The number of carbonyl (C=O) groups excluding carboxylic acids is 1. The summed E-state index contributed by atoms with van der Waals surface area (Å²) in [5.74, 6) is -1.44. The van der Waals surface area contributed by atoms with Gasteiger partial charge in [-0.25, -0.2) is 21.2 Å². The zero-order valence-electron chi connectivity index (χ0n) is 20.0. The maximum absolute atomic E-state index is 14.6. The summed E-state index contributed by atoms with van der Waals surface area (Å²) in [6.45, 7) is 0.0654. The van der Waals surface area contributed by atoms with E-state index in [9.17, 15) is 26.0 Å². The van der Waals surface area contributed by atoms with Gasteiger partial charge in [0.2, 0.25) is 15.9 Å². The molecular weight excluding hydrogens is 541 g/mol. The topological polar surface area (TPSA) is 113 Å². The van der Waals surface area contributed by atoms with E-state index in [0.29, 0.717) is 17.4 Å². The van der Waals surface area contributed by atoms with Gasteiger partial charge in [0.1, 0.15) is 22.3 Å². The summed E-state index contributed by atoms with van der Waals surface area (Å²) >= 11 is 0.939. The Labute approximate surface area is 219 Å². The van der Waals surface area contributed by atoms with Crippen LogP contribution in [0.5, 0.6) is 5.75 Å². The Morgan fingerprint density at radius 2 is 1.78 bits per heavy atom. The molecule has 0 spiro atoms. The number of halogens is 1. The predicted molar refractivity (Wildman–Crippen MR) is 139 cm³/mol. The van der Waals surface area contributed by atoms with Gasteiger partial charge < -0.3 is 10.1 Å². The van der Waals surface area contributed by atoms with Crippen molar-refractivity contribution >= 4 is 48.7 Å². The monoisotopic (exact) mass is 567 g/mol. The van der Waals surface area contributed by atoms with Crippen molar-refractivity contribution < 1.29 is 30.8 Å². The molecule has 37 heavy (non-hydrogen) atoms. The first kappa shape index (κ1) is 27.0. The van der Waals surface area contributed by atoms with Crippen LogP contribution in [0, 0.1) is 5.82 Å². The molecule has 1 aliphatic heterocycles. The number of sulfonamides is 2. The van der Waals surface area contributed by atoms with E-state index in [4.69, 9.17) is 4.74 Å². The average molecular weight is 568 g/mol. The molecule has 0 radical (unpaired) electrons. The Morgan fingerprint density at radius 1 is 1.05 bits per heavy atom. The number of nitrogens with zero attached hydrogens (tertiary/aromatic N) is 2. The van der Waals surface area contributed by atoms with Gasteiger partial charge in [0.05, 0.1) is 23.4 Å². The first-order valence-corrected chi connectivity index (χ1v) is 15.2. The van der Waals surface area contributed by atoms with Gasteiger partial charge in [-0.05, 0) is 54.6 Å². The maximum Gasteiger partial charge on any atom is 0.274 e. The standard InChI is InChI=1S/C24H26FN3O6S3/c1-34-22-12-11-18(36(30,31)27-13-5-2-6-14-27)16-20(22)26-23(29)17-28(21-9-4-3-8-19(21)25)37(32,33)24-10-7-15-35-24/h3-4,7-12,15-16H,2,5-6,13-14,17H2,1H3,(H,26,29). The van der Waals surface area contributed by atoms with Crippen molar-refractivity contribution in [3.63, 3.8) is 0 Å². The van der Waals surface area contributed by atoms with Crippen molar-refractivity contribution in [2.24, 2.45) is 0 Å². The number of thiophene rings is 1. The van der Waals surface area contributed by atoms with Gasteiger partial charge in [-0.2, -0.15) is 4.31 Å². The minimum Gasteiger partial charge on any atom is -0.495 e. The summed E-state index contributed by atoms with van der Waals surface area (Å²) < 4.78 is 74.8. The molecular formula is C24H26FN3O6S3. The van der Waals surface area contributed by atoms with Crippen LogP contribution in [0.4, 0.5) is 15.8 Å². The van der Waals surface area contributed by atoms with Gasteiger partial charge in [0, 0.05) is 13.1 Å². The van der Waals surface area contributed by atoms with Crippen LogP contribution in [0.25, 0.3) is 0 Å². The zero-order valence-corrected chi connectivity index (χ0v) is 22.4. The lowest BCUT2D eigenvalue weighted by molar-refractivity contribution is -0.114. The maximum atomic E-state index is 14.6. The van der Waals surface area contributed by atoms with E-state index in [1.165, 1.54) is 59.9 Å². The Hall–Kier alpha value is -3.00. The second-order valence-corrected chi connectivity index (χ2v) is 13.2. The summed E-state index contributed by atoms with van der Waals surface area (Å²) in [6.07, 6.45) is 2.50. The molecule has 1 aliphatic rings. The number of amides is 1. The quantitative estimate of drug-likeness (QED) is 0.420. The molecule has 2 aromatic carbocycles. The predicted octanol–water partition coefficient (Wildman–Crippen LogP) is 3.90. The fraction of sp³-hybridized carbons (Fsp3) is 0.292. The van der Waals surface area contributed by atoms with Crippen LogP contribution in [0.3, 0.4) is 0 Å². The van der Waals surface area contributed by atoms with E-state index in [-0.39, 0.29) is 26.2 Å². The van der Waals surface area contributed by atoms with Crippen molar-refractivity contribution in [1.29, 1.82) is 0 Å². The minimum absolute atomic E-state index is 0.0253. The first-order valence-electron chi connectivity index (χ1n) is 11.4. The van der Waals surface area contributed by atoms with E-state index >= 15 is 0 Å². The molecule has 0 atom stereocenters. The number of ether oxygens (including phenoxy) is 1. The van der Waals surface area contributed by atoms with Crippen LogP contribution < -0.4 is 14.4 Å². The van der Waals surface area contributed by atoms with Gasteiger partial charge in [0.15, 0.2) is 0 Å². The second-order valence-electron chi connectivity index (χ2n) is 8.27. The normalized spacial score (nSPS) is 14.8. The fourth-order valence-corrected chi connectivity index (χ4v) is 8.07. The van der Waals surface area contributed by atoms with Gasteiger partial charge in [-0.1, -0.05) is 24.6 Å². The van der Waals surface area contributed by atoms with E-state index in [1.807, 2.05) is 0 Å². The van der Waals surface area contributed by atoms with E-state index < -0.39 is 38.3 Å². The van der Waals surface area contributed by atoms with Crippen molar-refractivity contribution in [2.75, 3.05) is 36.4 Å². The van der Waals surface area contributed by atoms with E-state index in [1.54, 1.807) is 5.38 Å². The van der Waals surface area contributed by atoms with Crippen molar-refractivity contribution in [1.82, 2.24) is 4.31 Å². The van der Waals surface area contributed by atoms with Crippen molar-refractivity contribution in [2.45, 2.75) is 28.4 Å². The number of anilines is 2. The lowest BCUT2D eigenvalue weighted by Crippen LogP contribution is -2.38. The van der Waals surface area contributed by atoms with Crippen LogP contribution in [0.2, 0.25) is 0 Å². The molecule has 1 N–H and O–H groups in total. The summed E-state index contributed by atoms with van der Waals surface area (Å²) in [5.41, 5.74) is -0.243. The highest BCUT2D eigenvalue weighted by molar-refractivity contribution is 7.94. The van der Waals surface area contributed by atoms with Crippen LogP contribution in [-0.2, 0) is 24.8 Å². The molecule has 0 unspecified atom stereocenters. The molecule has 0 bridgehead atoms. The molecule has 1 saturated heterocycles. The Balaban J connectivity index is 1.64. The fourth-order valence-electron chi connectivity index (χ4n) is 3.99. The summed E-state index contributed by atoms with van der Waals surface area (Å²) in [6, 6.07) is 12.2. The third kappa shape index (κ3) is 5.79. The molecule has 1 fully saturated rings. The lowest BCUT2D eigenvalue weighted by atomic mass is 10.2. The smallest absolute Gasteiger partial charge is 0.274 e. The second kappa shape index (κ2) is 11.2. The number of hydrogen-bond acceptors (Lipinski definition) is 7. The number of hydrogen-bond donors (Lipinski definition) is 1. The molecule has 1 amide bonds. The zero-order chi connectivity index (χ0) is 26.6. The average Bonchev–Trinajstić information content (AvgIpc) is 3.44. The molecule has 0 aliphatic carbocycles. The number of benzene rings is 2. The molecule has 9 nitrogen and oxygen atoms in total. The molecule has 3 aromatic rings. The van der Waals surface area contributed by atoms with Crippen LogP contribution in [0.1, 0.15) is 19.3 Å². The van der Waals surface area contributed by atoms with Crippen LogP contribution in [-0.4, -0.2) is 53.8 Å². The Morgan fingerprint density at radius 3 is 2.43 bits per heavy atom. The molecule has 0 saturated carbocycles. The number of para-hydroxylation sites is 1. The Bertz CT molecular complexity index is 1470. The van der Waals surface area contributed by atoms with E-state index in [0.717, 1.165) is 36.7 Å². The molecule has 2 heterocycles. The number of piperidine rings is 1. The molecule has 198 valence electrons. The summed E-state index contributed by atoms with van der Waals surface area (Å²) in [4.78, 5) is 13.1. The van der Waals surface area contributed by atoms with Crippen LogP contribution >= 0.6 is 11.3 Å². The van der Waals surface area contributed by atoms with Crippen molar-refractivity contribution in [3.8, 4) is 5.75 Å². The van der Waals surface area contributed by atoms with E-state index in [2.05, 4.69) is 5.32 Å². The summed E-state index contributed by atoms with van der Waals surface area (Å²) in [7, 11) is -6.71. The van der Waals surface area contributed by atoms with Crippen molar-refractivity contribution in [3.05, 3.63) is 65.8 Å².